The molecule has 2 atom stereocenters. The number of piperazine rings is 1. The van der Waals surface area contributed by atoms with Crippen molar-refractivity contribution >= 4 is 0 Å². The van der Waals surface area contributed by atoms with Crippen molar-refractivity contribution in [2.24, 2.45) is 5.92 Å². The molecule has 18 heavy (non-hydrogen) atoms. The molecule has 2 aliphatic carbocycles. The highest BCUT2D eigenvalue weighted by Crippen LogP contribution is 2.34. The molecule has 0 radical (unpaired) electrons. The van der Waals surface area contributed by atoms with Gasteiger partial charge >= 0.3 is 0 Å². The van der Waals surface area contributed by atoms with Crippen LogP contribution in [0, 0.1) is 5.92 Å². The maximum Gasteiger partial charge on any atom is 0.0137 e. The highest BCUT2D eigenvalue weighted by Gasteiger charge is 2.38. The van der Waals surface area contributed by atoms with Crippen LogP contribution in [0.2, 0.25) is 0 Å². The molecule has 3 fully saturated rings. The fourth-order valence-corrected chi connectivity index (χ4v) is 3.61. The Morgan fingerprint density at radius 2 is 1.67 bits per heavy atom. The molecule has 3 heteroatoms. The maximum absolute atomic E-state index is 3.61. The molecule has 1 saturated heterocycles. The van der Waals surface area contributed by atoms with Crippen molar-refractivity contribution in [1.82, 2.24) is 15.1 Å². The first-order valence-corrected chi connectivity index (χ1v) is 8.07. The minimum absolute atomic E-state index is 0.899. The van der Waals surface area contributed by atoms with Gasteiger partial charge in [0.05, 0.1) is 0 Å². The monoisotopic (exact) mass is 251 g/mol. The van der Waals surface area contributed by atoms with Crippen LogP contribution in [0.15, 0.2) is 0 Å². The lowest BCUT2D eigenvalue weighted by atomic mass is 9.78. The average molecular weight is 251 g/mol. The molecule has 0 aromatic heterocycles. The van der Waals surface area contributed by atoms with Gasteiger partial charge in [0.1, 0.15) is 0 Å². The molecule has 1 heterocycles. The number of hydrogen-bond acceptors (Lipinski definition) is 3. The summed E-state index contributed by atoms with van der Waals surface area (Å²) in [6.07, 6.45) is 7.09. The lowest BCUT2D eigenvalue weighted by Gasteiger charge is -2.48. The first kappa shape index (κ1) is 12.9. The molecule has 3 aliphatic rings. The van der Waals surface area contributed by atoms with Crippen LogP contribution >= 0.6 is 0 Å². The number of hydrogen-bond donors (Lipinski definition) is 1. The van der Waals surface area contributed by atoms with Crippen LogP contribution in [-0.2, 0) is 0 Å². The van der Waals surface area contributed by atoms with Gasteiger partial charge in [0.2, 0.25) is 0 Å². The first-order chi connectivity index (χ1) is 8.88. The van der Waals surface area contributed by atoms with E-state index in [1.54, 1.807) is 0 Å². The Hall–Kier alpha value is -0.120. The van der Waals surface area contributed by atoms with E-state index in [4.69, 9.17) is 0 Å². The summed E-state index contributed by atoms with van der Waals surface area (Å²) in [5.41, 5.74) is 0. The van der Waals surface area contributed by atoms with Gasteiger partial charge < -0.3 is 5.32 Å². The predicted molar refractivity (Wildman–Crippen MR) is 75.8 cm³/mol. The van der Waals surface area contributed by atoms with Crippen LogP contribution in [0.3, 0.4) is 0 Å². The van der Waals surface area contributed by atoms with Gasteiger partial charge in [-0.15, -0.1) is 0 Å². The van der Waals surface area contributed by atoms with E-state index in [0.29, 0.717) is 0 Å². The maximum atomic E-state index is 3.61. The molecule has 0 aromatic carbocycles. The van der Waals surface area contributed by atoms with E-state index >= 15 is 0 Å². The van der Waals surface area contributed by atoms with E-state index in [9.17, 15) is 0 Å². The highest BCUT2D eigenvalue weighted by molar-refractivity contribution is 4.94. The van der Waals surface area contributed by atoms with Crippen molar-refractivity contribution in [3.8, 4) is 0 Å². The summed E-state index contributed by atoms with van der Waals surface area (Å²) in [5.74, 6) is 0.934. The van der Waals surface area contributed by atoms with Gasteiger partial charge in [0.25, 0.3) is 0 Å². The molecule has 1 aliphatic heterocycles. The van der Waals surface area contributed by atoms with Crippen LogP contribution in [0.5, 0.6) is 0 Å². The SMILES string of the molecule is CCCNCC1CCC1N1CCN(C2CC2)CC1. The molecule has 3 rings (SSSR count). The largest absolute Gasteiger partial charge is 0.316 e. The average Bonchev–Trinajstić information content (AvgIpc) is 3.18. The fraction of sp³-hybridized carbons (Fsp3) is 1.00. The van der Waals surface area contributed by atoms with Crippen molar-refractivity contribution in [3.05, 3.63) is 0 Å². The van der Waals surface area contributed by atoms with Crippen molar-refractivity contribution in [3.63, 3.8) is 0 Å². The quantitative estimate of drug-likeness (QED) is 0.723. The summed E-state index contributed by atoms with van der Waals surface area (Å²) in [6, 6.07) is 1.87. The van der Waals surface area contributed by atoms with E-state index in [1.807, 2.05) is 0 Å². The molecule has 2 unspecified atom stereocenters. The second-order valence-corrected chi connectivity index (χ2v) is 6.41. The smallest absolute Gasteiger partial charge is 0.0137 e. The number of nitrogens with zero attached hydrogens (tertiary/aromatic N) is 2. The standard InChI is InChI=1S/C15H29N3/c1-2-7-16-12-13-3-6-15(13)18-10-8-17(9-11-18)14-4-5-14/h13-16H,2-12H2,1H3. The van der Waals surface area contributed by atoms with Crippen LogP contribution in [-0.4, -0.2) is 61.2 Å². The Kier molecular flexibility index (Phi) is 4.22. The van der Waals surface area contributed by atoms with Crippen LogP contribution in [0.4, 0.5) is 0 Å². The fourth-order valence-electron chi connectivity index (χ4n) is 3.61. The molecular weight excluding hydrogens is 222 g/mol. The summed E-state index contributed by atoms with van der Waals surface area (Å²) in [4.78, 5) is 5.50. The van der Waals surface area contributed by atoms with E-state index in [2.05, 4.69) is 22.0 Å². The third-order valence-electron chi connectivity index (χ3n) is 5.09. The van der Waals surface area contributed by atoms with E-state index in [1.165, 1.54) is 71.4 Å². The molecular formula is C15H29N3. The molecule has 0 bridgehead atoms. The molecule has 0 amide bonds. The van der Waals surface area contributed by atoms with E-state index in [-0.39, 0.29) is 0 Å². The Morgan fingerprint density at radius 1 is 0.944 bits per heavy atom. The summed E-state index contributed by atoms with van der Waals surface area (Å²) < 4.78 is 0. The van der Waals surface area contributed by atoms with Gasteiger partial charge in [0.15, 0.2) is 0 Å². The molecule has 104 valence electrons. The summed E-state index contributed by atoms with van der Waals surface area (Å²) in [7, 11) is 0. The molecule has 1 N–H and O–H groups in total. The minimum Gasteiger partial charge on any atom is -0.316 e. The van der Waals surface area contributed by atoms with Crippen LogP contribution in [0.25, 0.3) is 0 Å². The normalized spacial score (nSPS) is 34.5. The number of rotatable bonds is 6. The molecule has 0 aromatic rings. The summed E-state index contributed by atoms with van der Waals surface area (Å²) in [5, 5.41) is 3.61. The molecule has 3 nitrogen and oxygen atoms in total. The predicted octanol–water partition coefficient (Wildman–Crippen LogP) is 1.54. The highest BCUT2D eigenvalue weighted by atomic mass is 15.3. The second-order valence-electron chi connectivity index (χ2n) is 6.41. The van der Waals surface area contributed by atoms with Gasteiger partial charge in [-0.1, -0.05) is 6.92 Å². The topological polar surface area (TPSA) is 18.5 Å². The Bertz CT molecular complexity index is 256. The molecule has 2 saturated carbocycles. The van der Waals surface area contributed by atoms with Crippen molar-refractivity contribution in [2.45, 2.75) is 51.1 Å². The van der Waals surface area contributed by atoms with Crippen LogP contribution in [0.1, 0.15) is 39.0 Å². The zero-order valence-electron chi connectivity index (χ0n) is 11.9. The Balaban J connectivity index is 1.39. The zero-order valence-corrected chi connectivity index (χ0v) is 11.9. The van der Waals surface area contributed by atoms with Crippen molar-refractivity contribution in [2.75, 3.05) is 39.3 Å². The van der Waals surface area contributed by atoms with E-state index in [0.717, 1.165) is 18.0 Å². The third-order valence-corrected chi connectivity index (χ3v) is 5.09. The summed E-state index contributed by atoms with van der Waals surface area (Å²) in [6.45, 7) is 10.0. The number of nitrogens with one attached hydrogen (secondary N) is 1. The van der Waals surface area contributed by atoms with Crippen LogP contribution < -0.4 is 5.32 Å². The first-order valence-electron chi connectivity index (χ1n) is 8.07. The second kappa shape index (κ2) is 5.89. The van der Waals surface area contributed by atoms with Crippen molar-refractivity contribution < 1.29 is 0 Å². The lowest BCUT2D eigenvalue weighted by molar-refractivity contribution is 0.0191. The van der Waals surface area contributed by atoms with Crippen molar-refractivity contribution in [1.29, 1.82) is 0 Å². The van der Waals surface area contributed by atoms with Gasteiger partial charge in [0, 0.05) is 38.3 Å². The van der Waals surface area contributed by atoms with Gasteiger partial charge in [-0.3, -0.25) is 9.80 Å². The Labute approximate surface area is 112 Å². The minimum atomic E-state index is 0.899. The third kappa shape index (κ3) is 2.89. The van der Waals surface area contributed by atoms with Gasteiger partial charge in [-0.25, -0.2) is 0 Å². The van der Waals surface area contributed by atoms with E-state index < -0.39 is 0 Å². The van der Waals surface area contributed by atoms with Gasteiger partial charge in [-0.05, 0) is 51.1 Å². The zero-order chi connectivity index (χ0) is 12.4. The Morgan fingerprint density at radius 3 is 2.22 bits per heavy atom. The van der Waals surface area contributed by atoms with Gasteiger partial charge in [-0.2, -0.15) is 0 Å². The lowest BCUT2D eigenvalue weighted by Crippen LogP contribution is -2.57. The molecule has 0 spiro atoms. The summed E-state index contributed by atoms with van der Waals surface area (Å²) >= 11 is 0.